The number of carbonyl (C=O) groups is 1. The minimum atomic E-state index is -1.08. The number of halogens is 1. The molecule has 0 radical (unpaired) electrons. The molecule has 0 spiro atoms. The van der Waals surface area contributed by atoms with Gasteiger partial charge in [-0.1, -0.05) is 13.8 Å². The van der Waals surface area contributed by atoms with Crippen LogP contribution in [0.25, 0.3) is 0 Å². The first-order valence-electron chi connectivity index (χ1n) is 6.74. The number of carboxylic acid groups (broad SMARTS) is 1. The lowest BCUT2D eigenvalue weighted by molar-refractivity contribution is 0.0696. The second-order valence-electron chi connectivity index (χ2n) is 5.58. The van der Waals surface area contributed by atoms with Crippen molar-refractivity contribution < 1.29 is 14.3 Å². The molecule has 3 nitrogen and oxygen atoms in total. The Morgan fingerprint density at radius 3 is 2.84 bits per heavy atom. The van der Waals surface area contributed by atoms with Gasteiger partial charge in [0.1, 0.15) is 5.82 Å². The zero-order chi connectivity index (χ0) is 14.0. The van der Waals surface area contributed by atoms with E-state index < -0.39 is 11.8 Å². The van der Waals surface area contributed by atoms with Crippen LogP contribution in [0.2, 0.25) is 0 Å². The van der Waals surface area contributed by atoms with Crippen LogP contribution in [-0.2, 0) is 6.54 Å². The normalized spacial score (nSPS) is 20.1. The summed E-state index contributed by atoms with van der Waals surface area (Å²) in [6.07, 6.45) is 2.32. The van der Waals surface area contributed by atoms with Crippen molar-refractivity contribution >= 4 is 5.97 Å². The fraction of sp³-hybridized carbons (Fsp3) is 0.533. The molecular weight excluding hydrogens is 245 g/mol. The fourth-order valence-electron chi connectivity index (χ4n) is 2.90. The maximum absolute atomic E-state index is 13.4. The number of carboxylic acids is 1. The van der Waals surface area contributed by atoms with Crippen LogP contribution in [0.4, 0.5) is 4.39 Å². The first-order valence-corrected chi connectivity index (χ1v) is 6.74. The summed E-state index contributed by atoms with van der Waals surface area (Å²) in [5.74, 6) is -0.993. The minimum Gasteiger partial charge on any atom is -0.478 e. The van der Waals surface area contributed by atoms with Crippen LogP contribution in [0.1, 0.15) is 42.6 Å². The van der Waals surface area contributed by atoms with Crippen molar-refractivity contribution in [3.63, 3.8) is 0 Å². The van der Waals surface area contributed by atoms with Gasteiger partial charge in [0, 0.05) is 12.6 Å². The number of nitrogens with zero attached hydrogens (tertiary/aromatic N) is 1. The number of likely N-dealkylation sites (tertiary alicyclic amines) is 1. The van der Waals surface area contributed by atoms with E-state index in [0.29, 0.717) is 18.5 Å². The van der Waals surface area contributed by atoms with E-state index in [1.54, 1.807) is 6.07 Å². The smallest absolute Gasteiger partial charge is 0.335 e. The number of aromatic carboxylic acids is 1. The molecule has 1 atom stereocenters. The molecule has 1 fully saturated rings. The van der Waals surface area contributed by atoms with Gasteiger partial charge in [0.25, 0.3) is 0 Å². The summed E-state index contributed by atoms with van der Waals surface area (Å²) in [6.45, 7) is 6.01. The molecule has 0 bridgehead atoms. The van der Waals surface area contributed by atoms with Crippen molar-refractivity contribution in [1.82, 2.24) is 4.90 Å². The quantitative estimate of drug-likeness (QED) is 0.909. The zero-order valence-electron chi connectivity index (χ0n) is 11.4. The third-order valence-electron chi connectivity index (χ3n) is 3.77. The molecule has 1 aromatic carbocycles. The highest BCUT2D eigenvalue weighted by Crippen LogP contribution is 2.26. The summed E-state index contributed by atoms with van der Waals surface area (Å²) < 4.78 is 13.4. The number of benzene rings is 1. The third-order valence-corrected chi connectivity index (χ3v) is 3.77. The third kappa shape index (κ3) is 3.32. The Morgan fingerprint density at radius 2 is 2.21 bits per heavy atom. The van der Waals surface area contributed by atoms with E-state index in [9.17, 15) is 9.18 Å². The Labute approximate surface area is 113 Å². The standard InChI is InChI=1S/C15H20FNO2/c1-10(2)14-4-3-5-17(14)9-11-6-12(15(18)19)8-13(16)7-11/h6-8,10,14H,3-5,9H2,1-2H3,(H,18,19). The molecular formula is C15H20FNO2. The van der Waals surface area contributed by atoms with E-state index >= 15 is 0 Å². The molecule has 0 saturated carbocycles. The monoisotopic (exact) mass is 265 g/mol. The Morgan fingerprint density at radius 1 is 1.47 bits per heavy atom. The van der Waals surface area contributed by atoms with Crippen molar-refractivity contribution in [2.75, 3.05) is 6.54 Å². The van der Waals surface area contributed by atoms with Gasteiger partial charge in [0.15, 0.2) is 0 Å². The highest BCUT2D eigenvalue weighted by molar-refractivity contribution is 5.87. The molecule has 104 valence electrons. The van der Waals surface area contributed by atoms with Crippen molar-refractivity contribution in [1.29, 1.82) is 0 Å². The Bertz CT molecular complexity index is 473. The lowest BCUT2D eigenvalue weighted by atomic mass is 10.0. The van der Waals surface area contributed by atoms with E-state index in [1.807, 2.05) is 0 Å². The van der Waals surface area contributed by atoms with Crippen molar-refractivity contribution in [2.24, 2.45) is 5.92 Å². The Balaban J connectivity index is 2.16. The van der Waals surface area contributed by atoms with Gasteiger partial charge >= 0.3 is 5.97 Å². The maximum Gasteiger partial charge on any atom is 0.335 e. The van der Waals surface area contributed by atoms with Gasteiger partial charge in [-0.05, 0) is 49.1 Å². The summed E-state index contributed by atoms with van der Waals surface area (Å²) in [5, 5.41) is 8.95. The molecule has 1 aliphatic rings. The number of hydrogen-bond donors (Lipinski definition) is 1. The van der Waals surface area contributed by atoms with Crippen LogP contribution < -0.4 is 0 Å². The second-order valence-corrected chi connectivity index (χ2v) is 5.58. The molecule has 0 aliphatic carbocycles. The van der Waals surface area contributed by atoms with Crippen molar-refractivity contribution in [2.45, 2.75) is 39.3 Å². The predicted molar refractivity (Wildman–Crippen MR) is 71.6 cm³/mol. The molecule has 1 saturated heterocycles. The number of rotatable bonds is 4. The largest absolute Gasteiger partial charge is 0.478 e. The molecule has 0 aromatic heterocycles. The van der Waals surface area contributed by atoms with E-state index in [0.717, 1.165) is 24.6 Å². The Kier molecular flexibility index (Phi) is 4.20. The van der Waals surface area contributed by atoms with Gasteiger partial charge in [-0.2, -0.15) is 0 Å². The summed E-state index contributed by atoms with van der Waals surface area (Å²) in [7, 11) is 0. The van der Waals surface area contributed by atoms with Gasteiger partial charge in [-0.3, -0.25) is 4.90 Å². The fourth-order valence-corrected chi connectivity index (χ4v) is 2.90. The molecule has 1 aliphatic heterocycles. The summed E-state index contributed by atoms with van der Waals surface area (Å²) >= 11 is 0. The minimum absolute atomic E-state index is 0.0234. The topological polar surface area (TPSA) is 40.5 Å². The van der Waals surface area contributed by atoms with Crippen molar-refractivity contribution in [3.05, 3.63) is 35.1 Å². The van der Waals surface area contributed by atoms with Crippen LogP contribution in [0.15, 0.2) is 18.2 Å². The van der Waals surface area contributed by atoms with Gasteiger partial charge in [-0.15, -0.1) is 0 Å². The van der Waals surface area contributed by atoms with E-state index in [1.165, 1.54) is 12.5 Å². The first-order chi connectivity index (χ1) is 8.97. The molecule has 1 heterocycles. The van der Waals surface area contributed by atoms with Gasteiger partial charge in [-0.25, -0.2) is 9.18 Å². The maximum atomic E-state index is 13.4. The Hall–Kier alpha value is -1.42. The molecule has 4 heteroatoms. The lowest BCUT2D eigenvalue weighted by Gasteiger charge is -2.27. The summed E-state index contributed by atoms with van der Waals surface area (Å²) in [5.41, 5.74) is 0.764. The summed E-state index contributed by atoms with van der Waals surface area (Å²) in [6, 6.07) is 4.58. The summed E-state index contributed by atoms with van der Waals surface area (Å²) in [4.78, 5) is 13.3. The van der Waals surface area contributed by atoms with Crippen LogP contribution in [0.3, 0.4) is 0 Å². The first kappa shape index (κ1) is 14.0. The van der Waals surface area contributed by atoms with E-state index in [-0.39, 0.29) is 5.56 Å². The second kappa shape index (κ2) is 5.70. The highest BCUT2D eigenvalue weighted by Gasteiger charge is 2.27. The predicted octanol–water partition coefficient (Wildman–Crippen LogP) is 3.14. The van der Waals surface area contributed by atoms with E-state index in [2.05, 4.69) is 18.7 Å². The van der Waals surface area contributed by atoms with Crippen LogP contribution >= 0.6 is 0 Å². The average molecular weight is 265 g/mol. The van der Waals surface area contributed by atoms with E-state index in [4.69, 9.17) is 5.11 Å². The van der Waals surface area contributed by atoms with Crippen LogP contribution in [-0.4, -0.2) is 28.6 Å². The van der Waals surface area contributed by atoms with Crippen LogP contribution in [0.5, 0.6) is 0 Å². The molecule has 2 rings (SSSR count). The average Bonchev–Trinajstić information content (AvgIpc) is 2.76. The molecule has 1 N–H and O–H groups in total. The molecule has 1 aromatic rings. The SMILES string of the molecule is CC(C)C1CCCN1Cc1cc(F)cc(C(=O)O)c1. The van der Waals surface area contributed by atoms with Crippen LogP contribution in [0, 0.1) is 11.7 Å². The molecule has 0 amide bonds. The van der Waals surface area contributed by atoms with Gasteiger partial charge < -0.3 is 5.11 Å². The highest BCUT2D eigenvalue weighted by atomic mass is 19.1. The molecule has 1 unspecified atom stereocenters. The lowest BCUT2D eigenvalue weighted by Crippen LogP contribution is -2.32. The van der Waals surface area contributed by atoms with Gasteiger partial charge in [0.2, 0.25) is 0 Å². The van der Waals surface area contributed by atoms with Gasteiger partial charge in [0.05, 0.1) is 5.56 Å². The zero-order valence-corrected chi connectivity index (χ0v) is 11.4. The number of hydrogen-bond acceptors (Lipinski definition) is 2. The van der Waals surface area contributed by atoms with Crippen molar-refractivity contribution in [3.8, 4) is 0 Å². The molecule has 19 heavy (non-hydrogen) atoms.